The standard InChI is InChI=1S/C6H12O2.C5H8O/c1-7-6-4-2-3-5-8-6;1-2-4-6-5-3-1/h6H,2-5H2,1H3;2,4H,1,3,5H2. The van der Waals surface area contributed by atoms with Crippen molar-refractivity contribution in [2.75, 3.05) is 20.3 Å². The minimum atomic E-state index is 0.0868. The molecule has 0 spiro atoms. The van der Waals surface area contributed by atoms with Crippen molar-refractivity contribution < 1.29 is 14.2 Å². The molecule has 1 fully saturated rings. The zero-order valence-electron chi connectivity index (χ0n) is 8.91. The van der Waals surface area contributed by atoms with Gasteiger partial charge in [0.2, 0.25) is 0 Å². The Morgan fingerprint density at radius 3 is 2.43 bits per heavy atom. The number of methoxy groups -OCH3 is 1. The Bertz CT molecular complexity index is 143. The molecule has 0 amide bonds. The van der Waals surface area contributed by atoms with Crippen LogP contribution in [-0.4, -0.2) is 26.6 Å². The van der Waals surface area contributed by atoms with Crippen LogP contribution in [0.1, 0.15) is 32.1 Å². The molecule has 0 aromatic heterocycles. The van der Waals surface area contributed by atoms with Gasteiger partial charge in [0, 0.05) is 13.7 Å². The third-order valence-electron chi connectivity index (χ3n) is 2.23. The summed E-state index contributed by atoms with van der Waals surface area (Å²) in [5.41, 5.74) is 0. The van der Waals surface area contributed by atoms with Gasteiger partial charge in [-0.05, 0) is 38.2 Å². The smallest absolute Gasteiger partial charge is 0.157 e. The summed E-state index contributed by atoms with van der Waals surface area (Å²) in [6.45, 7) is 1.79. The molecule has 14 heavy (non-hydrogen) atoms. The third kappa shape index (κ3) is 5.25. The van der Waals surface area contributed by atoms with Crippen molar-refractivity contribution in [1.29, 1.82) is 0 Å². The van der Waals surface area contributed by atoms with Gasteiger partial charge >= 0.3 is 0 Å². The molecular weight excluding hydrogens is 180 g/mol. The van der Waals surface area contributed by atoms with E-state index in [9.17, 15) is 0 Å². The lowest BCUT2D eigenvalue weighted by molar-refractivity contribution is -0.145. The van der Waals surface area contributed by atoms with E-state index in [0.29, 0.717) is 0 Å². The van der Waals surface area contributed by atoms with Gasteiger partial charge < -0.3 is 14.2 Å². The summed E-state index contributed by atoms with van der Waals surface area (Å²) in [5, 5.41) is 0. The summed E-state index contributed by atoms with van der Waals surface area (Å²) in [6.07, 6.45) is 9.79. The van der Waals surface area contributed by atoms with E-state index in [1.165, 1.54) is 25.7 Å². The van der Waals surface area contributed by atoms with E-state index in [1.807, 2.05) is 6.08 Å². The molecule has 1 unspecified atom stereocenters. The van der Waals surface area contributed by atoms with Crippen molar-refractivity contribution in [3.8, 4) is 0 Å². The Kier molecular flexibility index (Phi) is 6.45. The minimum absolute atomic E-state index is 0.0868. The monoisotopic (exact) mass is 200 g/mol. The van der Waals surface area contributed by atoms with Crippen molar-refractivity contribution in [3.63, 3.8) is 0 Å². The minimum Gasteiger partial charge on any atom is -0.502 e. The molecule has 3 nitrogen and oxygen atoms in total. The molecule has 82 valence electrons. The van der Waals surface area contributed by atoms with Gasteiger partial charge in [0.15, 0.2) is 6.29 Å². The predicted molar refractivity (Wildman–Crippen MR) is 54.9 cm³/mol. The second kappa shape index (κ2) is 7.83. The zero-order valence-corrected chi connectivity index (χ0v) is 8.91. The van der Waals surface area contributed by atoms with Gasteiger partial charge in [0.25, 0.3) is 0 Å². The number of rotatable bonds is 1. The van der Waals surface area contributed by atoms with Crippen LogP contribution in [0.3, 0.4) is 0 Å². The summed E-state index contributed by atoms with van der Waals surface area (Å²) in [5.74, 6) is 0. The zero-order chi connectivity index (χ0) is 10.1. The van der Waals surface area contributed by atoms with Gasteiger partial charge in [-0.2, -0.15) is 0 Å². The molecule has 0 radical (unpaired) electrons. The number of allylic oxidation sites excluding steroid dienone is 1. The first kappa shape index (κ1) is 11.5. The first-order valence-electron chi connectivity index (χ1n) is 5.34. The van der Waals surface area contributed by atoms with E-state index in [2.05, 4.69) is 0 Å². The molecule has 0 bridgehead atoms. The fourth-order valence-electron chi connectivity index (χ4n) is 1.39. The van der Waals surface area contributed by atoms with E-state index in [4.69, 9.17) is 14.2 Å². The summed E-state index contributed by atoms with van der Waals surface area (Å²) >= 11 is 0. The Morgan fingerprint density at radius 2 is 2.14 bits per heavy atom. The fraction of sp³-hybridized carbons (Fsp3) is 0.818. The van der Waals surface area contributed by atoms with Gasteiger partial charge in [-0.25, -0.2) is 0 Å². The van der Waals surface area contributed by atoms with E-state index in [1.54, 1.807) is 13.4 Å². The first-order chi connectivity index (χ1) is 6.93. The molecule has 2 heterocycles. The van der Waals surface area contributed by atoms with E-state index in [-0.39, 0.29) is 6.29 Å². The molecule has 1 atom stereocenters. The highest BCUT2D eigenvalue weighted by Gasteiger charge is 2.10. The highest BCUT2D eigenvalue weighted by atomic mass is 16.7. The van der Waals surface area contributed by atoms with Gasteiger partial charge in [0.05, 0.1) is 12.9 Å². The Hall–Kier alpha value is -0.540. The lowest BCUT2D eigenvalue weighted by Crippen LogP contribution is -2.20. The quantitative estimate of drug-likeness (QED) is 0.650. The highest BCUT2D eigenvalue weighted by molar-refractivity contribution is 4.76. The first-order valence-corrected chi connectivity index (χ1v) is 5.34. The second-order valence-corrected chi connectivity index (χ2v) is 3.42. The lowest BCUT2D eigenvalue weighted by atomic mass is 10.2. The summed E-state index contributed by atoms with van der Waals surface area (Å²) in [4.78, 5) is 0. The van der Waals surface area contributed by atoms with Crippen LogP contribution in [0.25, 0.3) is 0 Å². The second-order valence-electron chi connectivity index (χ2n) is 3.42. The predicted octanol–water partition coefficient (Wildman–Crippen LogP) is 2.47. The van der Waals surface area contributed by atoms with E-state index < -0.39 is 0 Å². The summed E-state index contributed by atoms with van der Waals surface area (Å²) in [6, 6.07) is 0. The van der Waals surface area contributed by atoms with E-state index in [0.717, 1.165) is 19.6 Å². The largest absolute Gasteiger partial charge is 0.502 e. The average molecular weight is 200 g/mol. The van der Waals surface area contributed by atoms with Gasteiger partial charge in [-0.1, -0.05) is 0 Å². The summed E-state index contributed by atoms with van der Waals surface area (Å²) in [7, 11) is 1.69. The van der Waals surface area contributed by atoms with Crippen molar-refractivity contribution in [1.82, 2.24) is 0 Å². The Labute approximate surface area is 86.0 Å². The molecule has 0 aromatic rings. The Balaban J connectivity index is 0.000000146. The fourth-order valence-corrected chi connectivity index (χ4v) is 1.39. The molecule has 3 heteroatoms. The Morgan fingerprint density at radius 1 is 1.21 bits per heavy atom. The molecule has 0 aromatic carbocycles. The van der Waals surface area contributed by atoms with Gasteiger partial charge in [0.1, 0.15) is 0 Å². The molecule has 0 aliphatic carbocycles. The van der Waals surface area contributed by atoms with Crippen LogP contribution >= 0.6 is 0 Å². The van der Waals surface area contributed by atoms with Crippen LogP contribution in [0.2, 0.25) is 0 Å². The normalized spacial score (nSPS) is 25.9. The molecule has 2 aliphatic rings. The molecular formula is C11H20O3. The highest BCUT2D eigenvalue weighted by Crippen LogP contribution is 2.11. The van der Waals surface area contributed by atoms with Crippen molar-refractivity contribution in [3.05, 3.63) is 12.3 Å². The number of ether oxygens (including phenoxy) is 3. The average Bonchev–Trinajstić information content (AvgIpc) is 2.33. The van der Waals surface area contributed by atoms with Crippen LogP contribution in [0.4, 0.5) is 0 Å². The number of hydrogen-bond acceptors (Lipinski definition) is 3. The molecule has 1 saturated heterocycles. The van der Waals surface area contributed by atoms with Crippen molar-refractivity contribution in [2.24, 2.45) is 0 Å². The van der Waals surface area contributed by atoms with Crippen molar-refractivity contribution in [2.45, 2.75) is 38.4 Å². The maximum atomic E-state index is 5.20. The van der Waals surface area contributed by atoms with Gasteiger partial charge in [-0.15, -0.1) is 0 Å². The van der Waals surface area contributed by atoms with Crippen LogP contribution in [0.15, 0.2) is 12.3 Å². The van der Waals surface area contributed by atoms with Crippen molar-refractivity contribution >= 4 is 0 Å². The molecule has 2 aliphatic heterocycles. The van der Waals surface area contributed by atoms with Gasteiger partial charge in [-0.3, -0.25) is 0 Å². The lowest BCUT2D eigenvalue weighted by Gasteiger charge is -2.20. The third-order valence-corrected chi connectivity index (χ3v) is 2.23. The van der Waals surface area contributed by atoms with Crippen LogP contribution in [-0.2, 0) is 14.2 Å². The summed E-state index contributed by atoms with van der Waals surface area (Å²) < 4.78 is 15.1. The molecule has 0 N–H and O–H groups in total. The molecule has 2 rings (SSSR count). The van der Waals surface area contributed by atoms with Crippen LogP contribution < -0.4 is 0 Å². The maximum absolute atomic E-state index is 5.20. The number of hydrogen-bond donors (Lipinski definition) is 0. The SMILES string of the molecule is C1=COCCC1.COC1CCCCO1. The topological polar surface area (TPSA) is 27.7 Å². The molecule has 0 saturated carbocycles. The van der Waals surface area contributed by atoms with Crippen LogP contribution in [0.5, 0.6) is 0 Å². The van der Waals surface area contributed by atoms with Crippen LogP contribution in [0, 0.1) is 0 Å². The maximum Gasteiger partial charge on any atom is 0.157 e. The van der Waals surface area contributed by atoms with E-state index >= 15 is 0 Å².